The Kier molecular flexibility index (Phi) is 5.36. The first-order chi connectivity index (χ1) is 11.7. The van der Waals surface area contributed by atoms with Crippen LogP contribution in [0.15, 0.2) is 42.5 Å². The van der Waals surface area contributed by atoms with E-state index in [0.717, 1.165) is 29.9 Å². The summed E-state index contributed by atoms with van der Waals surface area (Å²) in [6.07, 6.45) is 3.14. The number of ether oxygens (including phenoxy) is 2. The van der Waals surface area contributed by atoms with Gasteiger partial charge in [-0.05, 0) is 49.4 Å². The van der Waals surface area contributed by atoms with Gasteiger partial charge < -0.3 is 14.8 Å². The van der Waals surface area contributed by atoms with Gasteiger partial charge in [0.15, 0.2) is 11.5 Å². The number of hydrogen-bond donors (Lipinski definition) is 1. The largest absolute Gasteiger partial charge is 0.454 e. The Hall–Kier alpha value is -2.49. The van der Waals surface area contributed by atoms with Crippen LogP contribution in [0.5, 0.6) is 11.5 Å². The van der Waals surface area contributed by atoms with E-state index in [0.29, 0.717) is 19.4 Å². The van der Waals surface area contributed by atoms with Crippen LogP contribution in [-0.4, -0.2) is 19.2 Å². The Morgan fingerprint density at radius 2 is 1.75 bits per heavy atom. The van der Waals surface area contributed by atoms with Gasteiger partial charge in [-0.25, -0.2) is 0 Å². The smallest absolute Gasteiger partial charge is 0.231 e. The number of benzene rings is 2. The van der Waals surface area contributed by atoms with E-state index in [2.05, 4.69) is 36.5 Å². The molecule has 0 saturated heterocycles. The van der Waals surface area contributed by atoms with Gasteiger partial charge >= 0.3 is 0 Å². The van der Waals surface area contributed by atoms with E-state index in [4.69, 9.17) is 9.47 Å². The van der Waals surface area contributed by atoms with Gasteiger partial charge in [0, 0.05) is 13.0 Å². The Balaban J connectivity index is 1.34. The first-order valence-corrected chi connectivity index (χ1v) is 8.41. The number of carbonyl (C=O) groups is 1. The summed E-state index contributed by atoms with van der Waals surface area (Å²) in [5, 5.41) is 2.99. The van der Waals surface area contributed by atoms with E-state index in [1.165, 1.54) is 11.1 Å². The average Bonchev–Trinajstić information content (AvgIpc) is 3.06. The molecule has 1 aliphatic heterocycles. The third-order valence-electron chi connectivity index (χ3n) is 4.16. The zero-order chi connectivity index (χ0) is 16.8. The van der Waals surface area contributed by atoms with Gasteiger partial charge in [0.05, 0.1) is 0 Å². The molecular weight excluding hydrogens is 302 g/mol. The summed E-state index contributed by atoms with van der Waals surface area (Å²) < 4.78 is 10.6. The second-order valence-electron chi connectivity index (χ2n) is 6.13. The van der Waals surface area contributed by atoms with Crippen LogP contribution in [-0.2, 0) is 17.6 Å². The fraction of sp³-hybridized carbons (Fsp3) is 0.350. The minimum absolute atomic E-state index is 0.0940. The van der Waals surface area contributed by atoms with E-state index >= 15 is 0 Å². The Morgan fingerprint density at radius 3 is 2.58 bits per heavy atom. The van der Waals surface area contributed by atoms with Gasteiger partial charge in [-0.2, -0.15) is 0 Å². The number of fused-ring (bicyclic) bond motifs is 1. The van der Waals surface area contributed by atoms with Gasteiger partial charge in [-0.15, -0.1) is 0 Å². The minimum Gasteiger partial charge on any atom is -0.454 e. The van der Waals surface area contributed by atoms with Crippen LogP contribution in [0.25, 0.3) is 0 Å². The molecule has 0 fully saturated rings. The van der Waals surface area contributed by atoms with Crippen molar-refractivity contribution >= 4 is 5.91 Å². The van der Waals surface area contributed by atoms with Crippen molar-refractivity contribution in [1.82, 2.24) is 5.32 Å². The van der Waals surface area contributed by atoms with Crippen molar-refractivity contribution in [1.29, 1.82) is 0 Å². The standard InChI is InChI=1S/C20H23NO3/c1-15-4-6-16(7-5-15)3-2-12-21-20(22)11-9-17-8-10-18-19(13-17)24-14-23-18/h4-8,10,13H,2-3,9,11-12,14H2,1H3,(H,21,22). The minimum atomic E-state index is 0.0940. The van der Waals surface area contributed by atoms with Crippen molar-refractivity contribution in [3.05, 3.63) is 59.2 Å². The lowest BCUT2D eigenvalue weighted by molar-refractivity contribution is -0.121. The molecule has 1 amide bonds. The van der Waals surface area contributed by atoms with Crippen molar-refractivity contribution in [2.75, 3.05) is 13.3 Å². The van der Waals surface area contributed by atoms with Crippen LogP contribution in [0, 0.1) is 6.92 Å². The van der Waals surface area contributed by atoms with Gasteiger partial charge in [-0.3, -0.25) is 4.79 Å². The highest BCUT2D eigenvalue weighted by Crippen LogP contribution is 2.32. The zero-order valence-corrected chi connectivity index (χ0v) is 14.0. The first-order valence-electron chi connectivity index (χ1n) is 8.41. The molecule has 2 aromatic rings. The molecule has 0 saturated carbocycles. The molecule has 0 unspecified atom stereocenters. The predicted molar refractivity (Wildman–Crippen MR) is 93.4 cm³/mol. The van der Waals surface area contributed by atoms with Gasteiger partial charge in [0.25, 0.3) is 0 Å². The fourth-order valence-corrected chi connectivity index (χ4v) is 2.72. The summed E-state index contributed by atoms with van der Waals surface area (Å²) in [6.45, 7) is 3.08. The number of carbonyl (C=O) groups excluding carboxylic acids is 1. The first kappa shape index (κ1) is 16.4. The summed E-state index contributed by atoms with van der Waals surface area (Å²) >= 11 is 0. The molecule has 3 rings (SSSR count). The number of amides is 1. The second kappa shape index (κ2) is 7.86. The third kappa shape index (κ3) is 4.51. The zero-order valence-electron chi connectivity index (χ0n) is 14.0. The van der Waals surface area contributed by atoms with Crippen LogP contribution in [0.4, 0.5) is 0 Å². The molecule has 0 bridgehead atoms. The van der Waals surface area contributed by atoms with E-state index in [1.54, 1.807) is 0 Å². The van der Waals surface area contributed by atoms with Crippen LogP contribution >= 0.6 is 0 Å². The lowest BCUT2D eigenvalue weighted by Crippen LogP contribution is -2.24. The van der Waals surface area contributed by atoms with E-state index < -0.39 is 0 Å². The van der Waals surface area contributed by atoms with E-state index in [9.17, 15) is 4.79 Å². The lowest BCUT2D eigenvalue weighted by Gasteiger charge is -2.06. The van der Waals surface area contributed by atoms with Crippen molar-refractivity contribution < 1.29 is 14.3 Å². The lowest BCUT2D eigenvalue weighted by atomic mass is 10.1. The summed E-state index contributed by atoms with van der Waals surface area (Å²) in [4.78, 5) is 11.9. The number of hydrogen-bond acceptors (Lipinski definition) is 3. The quantitative estimate of drug-likeness (QED) is 0.794. The molecule has 0 aromatic heterocycles. The van der Waals surface area contributed by atoms with Crippen LogP contribution in [0.2, 0.25) is 0 Å². The van der Waals surface area contributed by atoms with Crippen LogP contribution in [0.3, 0.4) is 0 Å². The molecular formula is C20H23NO3. The van der Waals surface area contributed by atoms with Crippen LogP contribution < -0.4 is 14.8 Å². The molecule has 4 heteroatoms. The maximum Gasteiger partial charge on any atom is 0.231 e. The van der Waals surface area contributed by atoms with E-state index in [1.807, 2.05) is 18.2 Å². The SMILES string of the molecule is Cc1ccc(CCCNC(=O)CCc2ccc3c(c2)OCO3)cc1. The average molecular weight is 325 g/mol. The van der Waals surface area contributed by atoms with E-state index in [-0.39, 0.29) is 12.7 Å². The molecule has 1 heterocycles. The Bertz CT molecular complexity index is 695. The molecule has 0 atom stereocenters. The molecule has 126 valence electrons. The molecule has 4 nitrogen and oxygen atoms in total. The normalized spacial score (nSPS) is 12.2. The Labute approximate surface area is 142 Å². The fourth-order valence-electron chi connectivity index (χ4n) is 2.72. The maximum absolute atomic E-state index is 11.9. The number of nitrogens with one attached hydrogen (secondary N) is 1. The summed E-state index contributed by atoms with van der Waals surface area (Å²) in [5.41, 5.74) is 3.68. The summed E-state index contributed by atoms with van der Waals surface area (Å²) in [6, 6.07) is 14.4. The Morgan fingerprint density at radius 1 is 1.00 bits per heavy atom. The third-order valence-corrected chi connectivity index (χ3v) is 4.16. The molecule has 2 aromatic carbocycles. The molecule has 0 spiro atoms. The van der Waals surface area contributed by atoms with Crippen molar-refractivity contribution in [3.8, 4) is 11.5 Å². The van der Waals surface area contributed by atoms with Gasteiger partial charge in [-0.1, -0.05) is 35.9 Å². The molecule has 1 aliphatic rings. The topological polar surface area (TPSA) is 47.6 Å². The molecule has 1 N–H and O–H groups in total. The van der Waals surface area contributed by atoms with Crippen molar-refractivity contribution in [3.63, 3.8) is 0 Å². The van der Waals surface area contributed by atoms with Gasteiger partial charge in [0.2, 0.25) is 12.7 Å². The van der Waals surface area contributed by atoms with Crippen LogP contribution in [0.1, 0.15) is 29.5 Å². The highest BCUT2D eigenvalue weighted by atomic mass is 16.7. The summed E-state index contributed by atoms with van der Waals surface area (Å²) in [5.74, 6) is 1.64. The monoisotopic (exact) mass is 325 g/mol. The second-order valence-corrected chi connectivity index (χ2v) is 6.13. The number of aryl methyl sites for hydroxylation is 3. The number of rotatable bonds is 7. The molecule has 0 aliphatic carbocycles. The maximum atomic E-state index is 11.9. The highest BCUT2D eigenvalue weighted by Gasteiger charge is 2.13. The predicted octanol–water partition coefficient (Wildman–Crippen LogP) is 3.41. The molecule has 0 radical (unpaired) electrons. The van der Waals surface area contributed by atoms with Crippen molar-refractivity contribution in [2.45, 2.75) is 32.6 Å². The van der Waals surface area contributed by atoms with Gasteiger partial charge in [0.1, 0.15) is 0 Å². The highest BCUT2D eigenvalue weighted by molar-refractivity contribution is 5.76. The van der Waals surface area contributed by atoms with Crippen molar-refractivity contribution in [2.24, 2.45) is 0 Å². The summed E-state index contributed by atoms with van der Waals surface area (Å²) in [7, 11) is 0. The molecule has 24 heavy (non-hydrogen) atoms.